The summed E-state index contributed by atoms with van der Waals surface area (Å²) in [5.41, 5.74) is 0.513. The van der Waals surface area contributed by atoms with E-state index < -0.39 is 0 Å². The van der Waals surface area contributed by atoms with Crippen LogP contribution in [-0.4, -0.2) is 56.2 Å². The number of aromatic nitrogens is 1. The van der Waals surface area contributed by atoms with Crippen molar-refractivity contribution in [3.05, 3.63) is 54.4 Å². The Labute approximate surface area is 148 Å². The van der Waals surface area contributed by atoms with Crippen LogP contribution >= 0.6 is 0 Å². The first-order chi connectivity index (χ1) is 12.2. The van der Waals surface area contributed by atoms with Crippen LogP contribution in [0.3, 0.4) is 0 Å². The SMILES string of the molecule is COCCN(C)CCCNC(=O)c1ccccc1Oc1cccnc1. The van der Waals surface area contributed by atoms with Crippen molar-refractivity contribution in [1.82, 2.24) is 15.2 Å². The van der Waals surface area contributed by atoms with Gasteiger partial charge in [-0.05, 0) is 44.3 Å². The van der Waals surface area contributed by atoms with E-state index in [4.69, 9.17) is 9.47 Å². The van der Waals surface area contributed by atoms with Gasteiger partial charge in [-0.2, -0.15) is 0 Å². The van der Waals surface area contributed by atoms with Gasteiger partial charge in [-0.1, -0.05) is 12.1 Å². The molecule has 6 heteroatoms. The lowest BCUT2D eigenvalue weighted by atomic mass is 10.2. The van der Waals surface area contributed by atoms with E-state index in [1.54, 1.807) is 43.8 Å². The second kappa shape index (κ2) is 10.4. The average molecular weight is 343 g/mol. The molecule has 2 rings (SSSR count). The Morgan fingerprint density at radius 2 is 2.04 bits per heavy atom. The number of pyridine rings is 1. The van der Waals surface area contributed by atoms with Crippen LogP contribution in [0.1, 0.15) is 16.8 Å². The summed E-state index contributed by atoms with van der Waals surface area (Å²) in [6, 6.07) is 10.8. The Morgan fingerprint density at radius 1 is 1.20 bits per heavy atom. The van der Waals surface area contributed by atoms with Crippen LogP contribution in [0.5, 0.6) is 11.5 Å². The zero-order valence-electron chi connectivity index (χ0n) is 14.8. The van der Waals surface area contributed by atoms with Gasteiger partial charge in [0.1, 0.15) is 11.5 Å². The number of likely N-dealkylation sites (N-methyl/N-ethyl adjacent to an activating group) is 1. The van der Waals surface area contributed by atoms with E-state index in [0.29, 0.717) is 30.2 Å². The molecule has 0 bridgehead atoms. The Morgan fingerprint density at radius 3 is 2.80 bits per heavy atom. The van der Waals surface area contributed by atoms with Crippen molar-refractivity contribution in [1.29, 1.82) is 0 Å². The predicted octanol–water partition coefficient (Wildman–Crippen LogP) is 2.57. The van der Waals surface area contributed by atoms with Crippen molar-refractivity contribution in [2.75, 3.05) is 40.4 Å². The number of rotatable bonds is 10. The van der Waals surface area contributed by atoms with E-state index in [1.807, 2.05) is 19.2 Å². The molecule has 0 aliphatic heterocycles. The summed E-state index contributed by atoms with van der Waals surface area (Å²) >= 11 is 0. The normalized spacial score (nSPS) is 10.7. The zero-order chi connectivity index (χ0) is 17.9. The average Bonchev–Trinajstić information content (AvgIpc) is 2.64. The molecule has 0 atom stereocenters. The third-order valence-corrected chi connectivity index (χ3v) is 3.67. The molecule has 1 N–H and O–H groups in total. The number of amides is 1. The predicted molar refractivity (Wildman–Crippen MR) is 97.1 cm³/mol. The second-order valence-corrected chi connectivity index (χ2v) is 5.69. The zero-order valence-corrected chi connectivity index (χ0v) is 14.8. The van der Waals surface area contributed by atoms with Crippen molar-refractivity contribution < 1.29 is 14.3 Å². The number of carbonyl (C=O) groups excluding carboxylic acids is 1. The van der Waals surface area contributed by atoms with Crippen molar-refractivity contribution in [3.63, 3.8) is 0 Å². The van der Waals surface area contributed by atoms with Gasteiger partial charge in [-0.25, -0.2) is 0 Å². The molecule has 134 valence electrons. The van der Waals surface area contributed by atoms with E-state index in [0.717, 1.165) is 19.5 Å². The molecule has 0 spiro atoms. The first-order valence-corrected chi connectivity index (χ1v) is 8.33. The number of para-hydroxylation sites is 1. The maximum Gasteiger partial charge on any atom is 0.255 e. The topological polar surface area (TPSA) is 63.7 Å². The molecule has 1 aromatic carbocycles. The summed E-state index contributed by atoms with van der Waals surface area (Å²) < 4.78 is 10.8. The van der Waals surface area contributed by atoms with Gasteiger partial charge in [0.2, 0.25) is 0 Å². The van der Waals surface area contributed by atoms with Crippen molar-refractivity contribution >= 4 is 5.91 Å². The molecular weight excluding hydrogens is 318 g/mol. The van der Waals surface area contributed by atoms with E-state index in [-0.39, 0.29) is 5.91 Å². The van der Waals surface area contributed by atoms with Gasteiger partial charge < -0.3 is 19.7 Å². The van der Waals surface area contributed by atoms with Crippen LogP contribution in [0.25, 0.3) is 0 Å². The molecule has 25 heavy (non-hydrogen) atoms. The van der Waals surface area contributed by atoms with Crippen LogP contribution in [-0.2, 0) is 4.74 Å². The molecule has 0 aliphatic rings. The monoisotopic (exact) mass is 343 g/mol. The maximum absolute atomic E-state index is 12.4. The molecule has 1 aromatic heterocycles. The fourth-order valence-corrected chi connectivity index (χ4v) is 2.28. The van der Waals surface area contributed by atoms with Gasteiger partial charge in [-0.3, -0.25) is 9.78 Å². The van der Waals surface area contributed by atoms with Gasteiger partial charge in [0.15, 0.2) is 0 Å². The fraction of sp³-hybridized carbons (Fsp3) is 0.368. The van der Waals surface area contributed by atoms with Gasteiger partial charge >= 0.3 is 0 Å². The van der Waals surface area contributed by atoms with E-state index >= 15 is 0 Å². The first-order valence-electron chi connectivity index (χ1n) is 8.33. The van der Waals surface area contributed by atoms with Gasteiger partial charge in [0.05, 0.1) is 18.4 Å². The lowest BCUT2D eigenvalue weighted by molar-refractivity contribution is 0.0949. The minimum atomic E-state index is -0.140. The number of hydrogen-bond donors (Lipinski definition) is 1. The summed E-state index contributed by atoms with van der Waals surface area (Å²) in [7, 11) is 3.73. The number of nitrogens with one attached hydrogen (secondary N) is 1. The molecule has 0 aliphatic carbocycles. The minimum Gasteiger partial charge on any atom is -0.455 e. The molecule has 2 aromatic rings. The Kier molecular flexibility index (Phi) is 7.88. The van der Waals surface area contributed by atoms with Crippen LogP contribution in [0.2, 0.25) is 0 Å². The Hall–Kier alpha value is -2.44. The quantitative estimate of drug-likeness (QED) is 0.672. The number of hydrogen-bond acceptors (Lipinski definition) is 5. The molecule has 1 amide bonds. The maximum atomic E-state index is 12.4. The minimum absolute atomic E-state index is 0.140. The molecule has 0 radical (unpaired) electrons. The van der Waals surface area contributed by atoms with Crippen LogP contribution < -0.4 is 10.1 Å². The van der Waals surface area contributed by atoms with Crippen LogP contribution in [0, 0.1) is 0 Å². The highest BCUT2D eigenvalue weighted by molar-refractivity contribution is 5.96. The van der Waals surface area contributed by atoms with Gasteiger partial charge in [0.25, 0.3) is 5.91 Å². The highest BCUT2D eigenvalue weighted by Crippen LogP contribution is 2.24. The molecule has 0 unspecified atom stereocenters. The van der Waals surface area contributed by atoms with Crippen LogP contribution in [0.4, 0.5) is 0 Å². The van der Waals surface area contributed by atoms with E-state index in [9.17, 15) is 4.79 Å². The number of carbonyl (C=O) groups is 1. The lowest BCUT2D eigenvalue weighted by Crippen LogP contribution is -2.29. The van der Waals surface area contributed by atoms with Gasteiger partial charge in [0, 0.05) is 26.4 Å². The standard InChI is InChI=1S/C19H25N3O3/c1-22(13-14-24-2)12-6-11-21-19(23)17-8-3-4-9-18(17)25-16-7-5-10-20-15-16/h3-5,7-10,15H,6,11-14H2,1-2H3,(H,21,23). The lowest BCUT2D eigenvalue weighted by Gasteiger charge is -2.16. The second-order valence-electron chi connectivity index (χ2n) is 5.69. The molecular formula is C19H25N3O3. The molecule has 0 saturated heterocycles. The summed E-state index contributed by atoms with van der Waals surface area (Å²) in [5.74, 6) is 0.978. The molecule has 6 nitrogen and oxygen atoms in total. The van der Waals surface area contributed by atoms with Crippen molar-refractivity contribution in [2.45, 2.75) is 6.42 Å². The highest BCUT2D eigenvalue weighted by Gasteiger charge is 2.12. The summed E-state index contributed by atoms with van der Waals surface area (Å²) in [5, 5.41) is 2.94. The largest absolute Gasteiger partial charge is 0.455 e. The molecule has 0 fully saturated rings. The fourth-order valence-electron chi connectivity index (χ4n) is 2.28. The number of methoxy groups -OCH3 is 1. The summed E-state index contributed by atoms with van der Waals surface area (Å²) in [6.45, 7) is 3.10. The third-order valence-electron chi connectivity index (χ3n) is 3.67. The van der Waals surface area contributed by atoms with E-state index in [1.165, 1.54) is 0 Å². The number of ether oxygens (including phenoxy) is 2. The van der Waals surface area contributed by atoms with Crippen molar-refractivity contribution in [2.24, 2.45) is 0 Å². The Balaban J connectivity index is 1.85. The van der Waals surface area contributed by atoms with Gasteiger partial charge in [-0.15, -0.1) is 0 Å². The van der Waals surface area contributed by atoms with E-state index in [2.05, 4.69) is 15.2 Å². The first kappa shape index (κ1) is 18.9. The highest BCUT2D eigenvalue weighted by atomic mass is 16.5. The summed E-state index contributed by atoms with van der Waals surface area (Å²) in [4.78, 5) is 18.6. The van der Waals surface area contributed by atoms with Crippen LogP contribution in [0.15, 0.2) is 48.8 Å². The van der Waals surface area contributed by atoms with Crippen molar-refractivity contribution in [3.8, 4) is 11.5 Å². The smallest absolute Gasteiger partial charge is 0.255 e. The molecule has 0 saturated carbocycles. The number of benzene rings is 1. The third kappa shape index (κ3) is 6.52. The summed E-state index contributed by atoms with van der Waals surface area (Å²) in [6.07, 6.45) is 4.16. The Bertz CT molecular complexity index is 649. The number of nitrogens with zero attached hydrogens (tertiary/aromatic N) is 2. The molecule has 1 heterocycles.